The van der Waals surface area contributed by atoms with Gasteiger partial charge in [-0.2, -0.15) is 0 Å². The fourth-order valence-electron chi connectivity index (χ4n) is 4.45. The van der Waals surface area contributed by atoms with Crippen LogP contribution in [0.4, 0.5) is 4.79 Å². The second-order valence-electron chi connectivity index (χ2n) is 9.05. The minimum atomic E-state index is -1.21. The van der Waals surface area contributed by atoms with Crippen LogP contribution in [-0.2, 0) is 24.0 Å². The highest BCUT2D eigenvalue weighted by Crippen LogP contribution is 2.38. The van der Waals surface area contributed by atoms with Crippen molar-refractivity contribution in [2.45, 2.75) is 44.7 Å². The third kappa shape index (κ3) is 6.30. The smallest absolute Gasteiger partial charge is 0.358 e. The van der Waals surface area contributed by atoms with Gasteiger partial charge in [0.1, 0.15) is 18.1 Å². The Hall–Kier alpha value is -4.69. The lowest BCUT2D eigenvalue weighted by Crippen LogP contribution is -2.65. The van der Waals surface area contributed by atoms with Crippen LogP contribution in [0.1, 0.15) is 43.0 Å². The standard InChI is InChI=1S/C25H31N5O10/c1-14(32)10-16(13-31)26-23(35)17-6-5-8-29-20(33)7-9-28(25(37)30(17)29)27-24(36)21(34)15-11-18(38-2)22(40-4)19(12-15)39-3/h11-13,16-17H,5-10H2,1-4H3,(H,26,35)(H,27,36). The quantitative estimate of drug-likeness (QED) is 0.205. The Labute approximate surface area is 229 Å². The summed E-state index contributed by atoms with van der Waals surface area (Å²) in [7, 11) is 4.06. The van der Waals surface area contributed by atoms with Crippen LogP contribution in [0.25, 0.3) is 0 Å². The van der Waals surface area contributed by atoms with E-state index in [1.165, 1.54) is 40.4 Å². The lowest BCUT2D eigenvalue weighted by atomic mass is 10.1. The Morgan fingerprint density at radius 1 is 1.05 bits per heavy atom. The molecule has 2 N–H and O–H groups in total. The molecule has 2 aliphatic rings. The van der Waals surface area contributed by atoms with Crippen molar-refractivity contribution in [3.8, 4) is 17.2 Å². The molecule has 0 radical (unpaired) electrons. The van der Waals surface area contributed by atoms with E-state index >= 15 is 0 Å². The van der Waals surface area contributed by atoms with E-state index in [1.54, 1.807) is 0 Å². The van der Waals surface area contributed by atoms with Crippen LogP contribution in [0.5, 0.6) is 17.2 Å². The first-order valence-electron chi connectivity index (χ1n) is 12.4. The Bertz CT molecular complexity index is 1190. The number of amides is 5. The van der Waals surface area contributed by atoms with Gasteiger partial charge in [-0.25, -0.2) is 19.8 Å². The van der Waals surface area contributed by atoms with Gasteiger partial charge in [0.15, 0.2) is 11.5 Å². The molecule has 40 heavy (non-hydrogen) atoms. The minimum absolute atomic E-state index is 0.118. The number of nitrogens with zero attached hydrogens (tertiary/aromatic N) is 3. The second kappa shape index (κ2) is 12.9. The normalized spacial score (nSPS) is 17.7. The zero-order valence-electron chi connectivity index (χ0n) is 22.6. The average molecular weight is 562 g/mol. The molecule has 2 unspecified atom stereocenters. The minimum Gasteiger partial charge on any atom is -0.493 e. The van der Waals surface area contributed by atoms with Gasteiger partial charge < -0.3 is 24.3 Å². The molecule has 2 aliphatic heterocycles. The summed E-state index contributed by atoms with van der Waals surface area (Å²) in [6.07, 6.45) is 0.522. The van der Waals surface area contributed by atoms with E-state index in [4.69, 9.17) is 14.2 Å². The van der Waals surface area contributed by atoms with Crippen LogP contribution in [0.15, 0.2) is 12.1 Å². The Morgan fingerprint density at radius 2 is 1.70 bits per heavy atom. The van der Waals surface area contributed by atoms with Crippen LogP contribution in [0.3, 0.4) is 0 Å². The fraction of sp³-hybridized carbons (Fsp3) is 0.480. The summed E-state index contributed by atoms with van der Waals surface area (Å²) in [5, 5.41) is 5.24. The van der Waals surface area contributed by atoms with Gasteiger partial charge in [-0.05, 0) is 31.9 Å². The van der Waals surface area contributed by atoms with E-state index in [0.29, 0.717) is 12.7 Å². The third-order valence-corrected chi connectivity index (χ3v) is 6.34. The molecule has 5 amide bonds. The molecule has 1 aromatic rings. The number of carbonyl (C=O) groups is 7. The van der Waals surface area contributed by atoms with Crippen molar-refractivity contribution in [1.82, 2.24) is 25.8 Å². The molecule has 3 rings (SSSR count). The van der Waals surface area contributed by atoms with Crippen LogP contribution < -0.4 is 25.0 Å². The average Bonchev–Trinajstić information content (AvgIpc) is 3.07. The molecule has 2 saturated heterocycles. The highest BCUT2D eigenvalue weighted by molar-refractivity contribution is 6.43. The number of hydrazine groups is 2. The lowest BCUT2D eigenvalue weighted by Gasteiger charge is -2.42. The van der Waals surface area contributed by atoms with Gasteiger partial charge in [-0.1, -0.05) is 0 Å². The van der Waals surface area contributed by atoms with Gasteiger partial charge in [0.25, 0.3) is 5.78 Å². The molecular weight excluding hydrogens is 530 g/mol. The number of rotatable bonds is 11. The van der Waals surface area contributed by atoms with E-state index in [2.05, 4.69) is 10.7 Å². The Kier molecular flexibility index (Phi) is 9.63. The van der Waals surface area contributed by atoms with Crippen molar-refractivity contribution < 1.29 is 47.8 Å². The Balaban J connectivity index is 1.84. The fourth-order valence-corrected chi connectivity index (χ4v) is 4.45. The summed E-state index contributed by atoms with van der Waals surface area (Å²) >= 11 is 0. The van der Waals surface area contributed by atoms with Crippen molar-refractivity contribution in [1.29, 1.82) is 0 Å². The van der Waals surface area contributed by atoms with Crippen molar-refractivity contribution in [3.05, 3.63) is 17.7 Å². The monoisotopic (exact) mass is 561 g/mol. The van der Waals surface area contributed by atoms with Gasteiger partial charge >= 0.3 is 11.9 Å². The SMILES string of the molecule is COc1cc(C(=O)C(=O)NN2CCC(=O)N3CCCC(C(=O)NC(C=O)CC(C)=O)N3C2=O)cc(OC)c1OC. The number of fused-ring (bicyclic) bond motifs is 1. The van der Waals surface area contributed by atoms with Gasteiger partial charge in [-0.3, -0.25) is 29.4 Å². The zero-order chi connectivity index (χ0) is 29.6. The summed E-state index contributed by atoms with van der Waals surface area (Å²) in [4.78, 5) is 88.1. The molecular formula is C25H31N5O10. The molecule has 2 atom stereocenters. The molecule has 0 spiro atoms. The van der Waals surface area contributed by atoms with Gasteiger partial charge in [0.2, 0.25) is 17.6 Å². The molecule has 216 valence electrons. The number of nitrogens with one attached hydrogen (secondary N) is 2. The van der Waals surface area contributed by atoms with Crippen LogP contribution in [0, 0.1) is 0 Å². The maximum absolute atomic E-state index is 13.5. The molecule has 0 saturated carbocycles. The number of Topliss-reactive ketones (excluding diaryl/α,β-unsaturated/α-hetero) is 2. The van der Waals surface area contributed by atoms with Crippen LogP contribution in [0.2, 0.25) is 0 Å². The molecule has 2 fully saturated rings. The number of benzene rings is 1. The lowest BCUT2D eigenvalue weighted by molar-refractivity contribution is -0.155. The first kappa shape index (κ1) is 29.9. The molecule has 15 heteroatoms. The molecule has 15 nitrogen and oxygen atoms in total. The summed E-state index contributed by atoms with van der Waals surface area (Å²) in [6, 6.07) is -0.693. The first-order chi connectivity index (χ1) is 19.1. The maximum Gasteiger partial charge on any atom is 0.358 e. The number of ether oxygens (including phenoxy) is 3. The highest BCUT2D eigenvalue weighted by Gasteiger charge is 2.44. The maximum atomic E-state index is 13.5. The van der Waals surface area contributed by atoms with E-state index < -0.39 is 41.6 Å². The number of hydrogen-bond acceptors (Lipinski definition) is 10. The third-order valence-electron chi connectivity index (χ3n) is 6.34. The highest BCUT2D eigenvalue weighted by atomic mass is 16.5. The van der Waals surface area contributed by atoms with E-state index in [-0.39, 0.29) is 60.9 Å². The van der Waals surface area contributed by atoms with Crippen molar-refractivity contribution in [2.75, 3.05) is 34.4 Å². The van der Waals surface area contributed by atoms with Crippen LogP contribution >= 0.6 is 0 Å². The summed E-state index contributed by atoms with van der Waals surface area (Å²) in [5.41, 5.74) is 2.11. The summed E-state index contributed by atoms with van der Waals surface area (Å²) < 4.78 is 15.6. The van der Waals surface area contributed by atoms with E-state index in [9.17, 15) is 33.6 Å². The number of methoxy groups -OCH3 is 3. The largest absolute Gasteiger partial charge is 0.493 e. The predicted octanol–water partition coefficient (Wildman–Crippen LogP) is -0.377. The summed E-state index contributed by atoms with van der Waals surface area (Å²) in [6.45, 7) is 1.14. The first-order valence-corrected chi connectivity index (χ1v) is 12.4. The zero-order valence-corrected chi connectivity index (χ0v) is 22.6. The molecule has 0 aliphatic carbocycles. The van der Waals surface area contributed by atoms with Gasteiger partial charge in [0, 0.05) is 24.9 Å². The number of hydrogen-bond donors (Lipinski definition) is 2. The van der Waals surface area contributed by atoms with Crippen molar-refractivity contribution in [3.63, 3.8) is 0 Å². The topological polar surface area (TPSA) is 181 Å². The van der Waals surface area contributed by atoms with E-state index in [0.717, 1.165) is 15.0 Å². The number of carbonyl (C=O) groups excluding carboxylic acids is 7. The number of aldehydes is 1. The van der Waals surface area contributed by atoms with Crippen LogP contribution in [-0.4, -0.2) is 103 Å². The molecule has 0 aromatic heterocycles. The van der Waals surface area contributed by atoms with Gasteiger partial charge in [-0.15, -0.1) is 0 Å². The number of urea groups is 1. The van der Waals surface area contributed by atoms with Crippen molar-refractivity contribution >= 4 is 41.6 Å². The second-order valence-corrected chi connectivity index (χ2v) is 9.05. The summed E-state index contributed by atoms with van der Waals surface area (Å²) in [5.74, 6) is -3.31. The van der Waals surface area contributed by atoms with E-state index in [1.807, 2.05) is 0 Å². The Morgan fingerprint density at radius 3 is 2.25 bits per heavy atom. The van der Waals surface area contributed by atoms with Crippen molar-refractivity contribution in [2.24, 2.45) is 0 Å². The predicted molar refractivity (Wildman–Crippen MR) is 135 cm³/mol. The molecule has 1 aromatic carbocycles. The molecule has 2 heterocycles. The number of ketones is 2. The molecule has 0 bridgehead atoms. The van der Waals surface area contributed by atoms with Gasteiger partial charge in [0.05, 0.1) is 33.9 Å².